The molecule has 0 saturated heterocycles. The molecule has 5 heteroatoms. The van der Waals surface area contributed by atoms with Crippen LogP contribution in [0.5, 0.6) is 0 Å². The molecule has 0 saturated carbocycles. The smallest absolute Gasteiger partial charge is 0.254 e. The number of benzene rings is 2. The van der Waals surface area contributed by atoms with Crippen LogP contribution in [0, 0.1) is 6.92 Å². The van der Waals surface area contributed by atoms with Crippen molar-refractivity contribution in [3.63, 3.8) is 0 Å². The van der Waals surface area contributed by atoms with Gasteiger partial charge >= 0.3 is 0 Å². The molecule has 0 atom stereocenters. The molecule has 0 fully saturated rings. The van der Waals surface area contributed by atoms with E-state index in [0.29, 0.717) is 25.2 Å². The number of carbonyl (C=O) groups excluding carboxylic acids is 1. The molecule has 0 bridgehead atoms. The summed E-state index contributed by atoms with van der Waals surface area (Å²) >= 11 is 0. The van der Waals surface area contributed by atoms with Crippen molar-refractivity contribution in [2.45, 2.75) is 20.0 Å². The van der Waals surface area contributed by atoms with Crippen LogP contribution in [0.25, 0.3) is 0 Å². The van der Waals surface area contributed by atoms with Crippen molar-refractivity contribution in [2.24, 2.45) is 5.73 Å². The zero-order chi connectivity index (χ0) is 17.5. The third-order valence-electron chi connectivity index (χ3n) is 4.00. The standard InChI is InChI=1S/C20H27N3O.ClH/c1-16-5-4-6-18(13-16)15-23(12-11-22(2)3)20(24)19-9-7-17(14-21)8-10-19;/h4-10,13H,11-12,14-15,21H2,1-3H3;1H. The number of hydrogen-bond donors (Lipinski definition) is 1. The Morgan fingerprint density at radius 1 is 1.00 bits per heavy atom. The number of nitrogens with two attached hydrogens (primary N) is 1. The number of rotatable bonds is 7. The largest absolute Gasteiger partial charge is 0.333 e. The lowest BCUT2D eigenvalue weighted by Crippen LogP contribution is -2.36. The van der Waals surface area contributed by atoms with Crippen molar-refractivity contribution in [3.8, 4) is 0 Å². The lowest BCUT2D eigenvalue weighted by Gasteiger charge is -2.25. The van der Waals surface area contributed by atoms with Crippen molar-refractivity contribution >= 4 is 18.3 Å². The molecule has 0 aliphatic heterocycles. The summed E-state index contributed by atoms with van der Waals surface area (Å²) in [6, 6.07) is 15.9. The normalized spacial score (nSPS) is 10.4. The molecule has 2 aromatic carbocycles. The number of amides is 1. The third-order valence-corrected chi connectivity index (χ3v) is 4.00. The van der Waals surface area contributed by atoms with Crippen LogP contribution in [0.2, 0.25) is 0 Å². The van der Waals surface area contributed by atoms with Gasteiger partial charge in [0.25, 0.3) is 5.91 Å². The molecule has 2 N–H and O–H groups in total. The second kappa shape index (κ2) is 10.2. The van der Waals surface area contributed by atoms with Gasteiger partial charge in [0, 0.05) is 31.7 Å². The summed E-state index contributed by atoms with van der Waals surface area (Å²) in [6.07, 6.45) is 0. The number of nitrogens with zero attached hydrogens (tertiary/aromatic N) is 2. The van der Waals surface area contributed by atoms with Gasteiger partial charge in [-0.3, -0.25) is 4.79 Å². The second-order valence-electron chi connectivity index (χ2n) is 6.42. The van der Waals surface area contributed by atoms with Crippen LogP contribution in [-0.2, 0) is 13.1 Å². The molecule has 1 amide bonds. The lowest BCUT2D eigenvalue weighted by atomic mass is 10.1. The van der Waals surface area contributed by atoms with Crippen molar-refractivity contribution in [3.05, 3.63) is 70.8 Å². The molecule has 0 unspecified atom stereocenters. The Bertz CT molecular complexity index is 671. The van der Waals surface area contributed by atoms with E-state index in [1.165, 1.54) is 5.56 Å². The van der Waals surface area contributed by atoms with Gasteiger partial charge in [-0.1, -0.05) is 42.0 Å². The molecule has 0 heterocycles. The molecular formula is C20H28ClN3O. The van der Waals surface area contributed by atoms with E-state index in [9.17, 15) is 4.79 Å². The van der Waals surface area contributed by atoms with Gasteiger partial charge in [-0.25, -0.2) is 0 Å². The van der Waals surface area contributed by atoms with Gasteiger partial charge in [0.2, 0.25) is 0 Å². The second-order valence-corrected chi connectivity index (χ2v) is 6.42. The summed E-state index contributed by atoms with van der Waals surface area (Å²) in [5, 5.41) is 0. The molecular weight excluding hydrogens is 334 g/mol. The first-order chi connectivity index (χ1) is 11.5. The van der Waals surface area contributed by atoms with Gasteiger partial charge in [-0.15, -0.1) is 12.4 Å². The fourth-order valence-electron chi connectivity index (χ4n) is 2.57. The van der Waals surface area contributed by atoms with Gasteiger partial charge in [0.15, 0.2) is 0 Å². The number of hydrogen-bond acceptors (Lipinski definition) is 3. The molecule has 0 aromatic heterocycles. The number of aryl methyl sites for hydroxylation is 1. The summed E-state index contributed by atoms with van der Waals surface area (Å²) in [4.78, 5) is 16.9. The minimum Gasteiger partial charge on any atom is -0.333 e. The molecule has 25 heavy (non-hydrogen) atoms. The number of carbonyl (C=O) groups is 1. The lowest BCUT2D eigenvalue weighted by molar-refractivity contribution is 0.0732. The predicted molar refractivity (Wildman–Crippen MR) is 106 cm³/mol. The van der Waals surface area contributed by atoms with Crippen LogP contribution in [0.1, 0.15) is 27.0 Å². The minimum atomic E-state index is 0. The first kappa shape index (κ1) is 21.2. The highest BCUT2D eigenvalue weighted by molar-refractivity contribution is 5.94. The Labute approximate surface area is 157 Å². The fraction of sp³-hybridized carbons (Fsp3) is 0.350. The quantitative estimate of drug-likeness (QED) is 0.824. The van der Waals surface area contributed by atoms with Gasteiger partial charge in [0.1, 0.15) is 0 Å². The maximum atomic E-state index is 12.9. The SMILES string of the molecule is Cc1cccc(CN(CCN(C)C)C(=O)c2ccc(CN)cc2)c1.Cl. The summed E-state index contributed by atoms with van der Waals surface area (Å²) in [6.45, 7) is 4.70. The van der Waals surface area contributed by atoms with E-state index in [-0.39, 0.29) is 18.3 Å². The Morgan fingerprint density at radius 2 is 1.68 bits per heavy atom. The summed E-state index contributed by atoms with van der Waals surface area (Å²) in [7, 11) is 4.04. The average molecular weight is 362 g/mol. The van der Waals surface area contributed by atoms with Crippen LogP contribution in [0.3, 0.4) is 0 Å². The molecule has 0 spiro atoms. The highest BCUT2D eigenvalue weighted by Gasteiger charge is 2.16. The van der Waals surface area contributed by atoms with E-state index < -0.39 is 0 Å². The van der Waals surface area contributed by atoms with Crippen LogP contribution >= 0.6 is 12.4 Å². The number of halogens is 1. The van der Waals surface area contributed by atoms with Crippen LogP contribution in [0.4, 0.5) is 0 Å². The van der Waals surface area contributed by atoms with Crippen molar-refractivity contribution in [1.82, 2.24) is 9.80 Å². The topological polar surface area (TPSA) is 49.6 Å². The minimum absolute atomic E-state index is 0. The van der Waals surface area contributed by atoms with Crippen LogP contribution < -0.4 is 5.73 Å². The Hall–Kier alpha value is -1.88. The van der Waals surface area contributed by atoms with Crippen LogP contribution in [-0.4, -0.2) is 42.9 Å². The molecule has 0 aliphatic rings. The maximum Gasteiger partial charge on any atom is 0.254 e. The molecule has 4 nitrogen and oxygen atoms in total. The van der Waals surface area contributed by atoms with E-state index in [1.807, 2.05) is 49.3 Å². The Morgan fingerprint density at radius 3 is 2.24 bits per heavy atom. The van der Waals surface area contributed by atoms with Gasteiger partial charge in [0.05, 0.1) is 0 Å². The molecule has 0 aliphatic carbocycles. The van der Waals surface area contributed by atoms with E-state index in [0.717, 1.165) is 17.7 Å². The van der Waals surface area contributed by atoms with Crippen molar-refractivity contribution in [2.75, 3.05) is 27.2 Å². The van der Waals surface area contributed by atoms with E-state index in [4.69, 9.17) is 5.73 Å². The zero-order valence-electron chi connectivity index (χ0n) is 15.2. The highest BCUT2D eigenvalue weighted by Crippen LogP contribution is 2.13. The maximum absolute atomic E-state index is 12.9. The monoisotopic (exact) mass is 361 g/mol. The first-order valence-electron chi connectivity index (χ1n) is 8.28. The summed E-state index contributed by atoms with van der Waals surface area (Å²) in [5.41, 5.74) is 9.73. The molecule has 2 rings (SSSR count). The van der Waals surface area contributed by atoms with Crippen molar-refractivity contribution in [1.29, 1.82) is 0 Å². The Kier molecular flexibility index (Phi) is 8.62. The molecule has 136 valence electrons. The van der Waals surface area contributed by atoms with Gasteiger partial charge in [-0.2, -0.15) is 0 Å². The van der Waals surface area contributed by atoms with E-state index in [2.05, 4.69) is 30.0 Å². The fourth-order valence-corrected chi connectivity index (χ4v) is 2.57. The first-order valence-corrected chi connectivity index (χ1v) is 8.28. The van der Waals surface area contributed by atoms with E-state index in [1.54, 1.807) is 0 Å². The average Bonchev–Trinajstić information content (AvgIpc) is 2.58. The van der Waals surface area contributed by atoms with E-state index >= 15 is 0 Å². The van der Waals surface area contributed by atoms with Crippen LogP contribution in [0.15, 0.2) is 48.5 Å². The number of likely N-dealkylation sites (N-methyl/N-ethyl adjacent to an activating group) is 1. The Balaban J connectivity index is 0.00000312. The van der Waals surface area contributed by atoms with Gasteiger partial charge in [-0.05, 0) is 44.3 Å². The zero-order valence-corrected chi connectivity index (χ0v) is 16.1. The highest BCUT2D eigenvalue weighted by atomic mass is 35.5. The predicted octanol–water partition coefficient (Wildman–Crippen LogP) is 3.08. The molecule has 0 radical (unpaired) electrons. The molecule has 2 aromatic rings. The third kappa shape index (κ3) is 6.50. The summed E-state index contributed by atoms with van der Waals surface area (Å²) in [5.74, 6) is 0.0573. The summed E-state index contributed by atoms with van der Waals surface area (Å²) < 4.78 is 0. The van der Waals surface area contributed by atoms with Gasteiger partial charge < -0.3 is 15.5 Å². The van der Waals surface area contributed by atoms with Crippen molar-refractivity contribution < 1.29 is 4.79 Å².